The van der Waals surface area contributed by atoms with Crippen molar-refractivity contribution in [3.8, 4) is 0 Å². The van der Waals surface area contributed by atoms with Gasteiger partial charge in [0, 0.05) is 30.1 Å². The molecule has 1 aromatic carbocycles. The number of amides is 4. The molecule has 0 radical (unpaired) electrons. The van der Waals surface area contributed by atoms with Crippen LogP contribution in [0.1, 0.15) is 24.8 Å². The molecule has 4 atom stereocenters. The summed E-state index contributed by atoms with van der Waals surface area (Å²) in [6, 6.07) is 1.55. The van der Waals surface area contributed by atoms with Crippen molar-refractivity contribution in [3.63, 3.8) is 0 Å². The van der Waals surface area contributed by atoms with Gasteiger partial charge in [-0.25, -0.2) is 4.79 Å². The number of guanidine groups is 1. The van der Waals surface area contributed by atoms with E-state index in [0.29, 0.717) is 5.56 Å². The Kier molecular flexibility index (Phi) is 13.5. The third-order valence-electron chi connectivity index (χ3n) is 6.28. The van der Waals surface area contributed by atoms with Gasteiger partial charge in [-0.2, -0.15) is 0 Å². The molecule has 4 unspecified atom stereocenters. The van der Waals surface area contributed by atoms with Gasteiger partial charge in [0.15, 0.2) is 5.96 Å². The maximum Gasteiger partial charge on any atom is 0.328 e. The van der Waals surface area contributed by atoms with Crippen LogP contribution >= 0.6 is 0 Å². The molecule has 0 aliphatic carbocycles. The SMILES string of the molecule is NC(N)=NCCCC(NC(=O)C(N)CC(=O)O)C(=O)NC(Cc1c[nH]c2ccccc12)C(=O)NCC(=O)NC(CO)C(=O)O. The average Bonchev–Trinajstić information content (AvgIpc) is 3.37. The second-order valence-corrected chi connectivity index (χ2v) is 9.70. The Labute approximate surface area is 250 Å². The number of aliphatic imine (C=N–C) groups is 1. The molecule has 0 aliphatic rings. The van der Waals surface area contributed by atoms with Crippen LogP contribution in [-0.4, -0.2) is 106 Å². The van der Waals surface area contributed by atoms with Crippen LogP contribution in [0.5, 0.6) is 0 Å². The quantitative estimate of drug-likeness (QED) is 0.0435. The van der Waals surface area contributed by atoms with Crippen molar-refractivity contribution in [1.82, 2.24) is 26.3 Å². The van der Waals surface area contributed by atoms with Crippen LogP contribution in [0.25, 0.3) is 10.9 Å². The molecule has 2 rings (SSSR count). The van der Waals surface area contributed by atoms with E-state index >= 15 is 0 Å². The summed E-state index contributed by atoms with van der Waals surface area (Å²) in [7, 11) is 0. The molecule has 14 N–H and O–H groups in total. The van der Waals surface area contributed by atoms with Gasteiger partial charge in [-0.1, -0.05) is 18.2 Å². The molecular formula is C26H37N9O9. The van der Waals surface area contributed by atoms with Crippen LogP contribution in [-0.2, 0) is 35.2 Å². The number of carboxylic acid groups (broad SMARTS) is 2. The minimum Gasteiger partial charge on any atom is -0.481 e. The number of aliphatic hydroxyl groups is 1. The Hall–Kier alpha value is -5.23. The number of H-pyrrole nitrogens is 1. The first-order valence-electron chi connectivity index (χ1n) is 13.4. The highest BCUT2D eigenvalue weighted by Gasteiger charge is 2.30. The van der Waals surface area contributed by atoms with Gasteiger partial charge in [-0.3, -0.25) is 29.0 Å². The third-order valence-corrected chi connectivity index (χ3v) is 6.28. The van der Waals surface area contributed by atoms with E-state index in [-0.39, 0.29) is 31.8 Å². The highest BCUT2D eigenvalue weighted by molar-refractivity contribution is 5.95. The third kappa shape index (κ3) is 11.2. The fourth-order valence-corrected chi connectivity index (χ4v) is 4.06. The van der Waals surface area contributed by atoms with Crippen molar-refractivity contribution in [2.24, 2.45) is 22.2 Å². The highest BCUT2D eigenvalue weighted by Crippen LogP contribution is 2.19. The summed E-state index contributed by atoms with van der Waals surface area (Å²) < 4.78 is 0. The van der Waals surface area contributed by atoms with Crippen molar-refractivity contribution in [3.05, 3.63) is 36.0 Å². The smallest absolute Gasteiger partial charge is 0.328 e. The number of nitrogens with zero attached hydrogens (tertiary/aromatic N) is 1. The molecule has 240 valence electrons. The Morgan fingerprint density at radius 1 is 0.909 bits per heavy atom. The van der Waals surface area contributed by atoms with Crippen LogP contribution in [0.15, 0.2) is 35.5 Å². The summed E-state index contributed by atoms with van der Waals surface area (Å²) in [6.07, 6.45) is 1.07. The number of carbonyl (C=O) groups is 6. The second-order valence-electron chi connectivity index (χ2n) is 9.70. The molecule has 0 aliphatic heterocycles. The first kappa shape index (κ1) is 35.0. The number of nitrogens with one attached hydrogen (secondary N) is 5. The summed E-state index contributed by atoms with van der Waals surface area (Å²) in [5.74, 6) is -6.45. The van der Waals surface area contributed by atoms with Gasteiger partial charge < -0.3 is 58.8 Å². The molecule has 0 saturated heterocycles. The van der Waals surface area contributed by atoms with Gasteiger partial charge in [0.2, 0.25) is 23.6 Å². The normalized spacial score (nSPS) is 13.5. The Morgan fingerprint density at radius 3 is 2.23 bits per heavy atom. The molecule has 1 aromatic heterocycles. The van der Waals surface area contributed by atoms with E-state index in [1.165, 1.54) is 0 Å². The molecule has 2 aromatic rings. The standard InChI is InChI=1S/C26H37N9O9/c27-15(9-21(38)39)22(40)34-17(6-3-7-30-26(28)29)24(42)35-18(8-13-10-31-16-5-2-1-4-14(13)16)23(41)32-11-20(37)33-19(12-36)25(43)44/h1-2,4-5,10,15,17-19,31,36H,3,6-9,11-12,27H2,(H,32,41)(H,33,37)(H,34,40)(H,35,42)(H,38,39)(H,43,44)(H4,28,29,30). The zero-order valence-corrected chi connectivity index (χ0v) is 23.6. The lowest BCUT2D eigenvalue weighted by Crippen LogP contribution is -2.57. The molecule has 44 heavy (non-hydrogen) atoms. The number of benzene rings is 1. The molecule has 4 amide bonds. The minimum atomic E-state index is -1.59. The topological polar surface area (TPSA) is 317 Å². The van der Waals surface area contributed by atoms with Crippen molar-refractivity contribution in [1.29, 1.82) is 0 Å². The number of carbonyl (C=O) groups excluding carboxylic acids is 4. The lowest BCUT2D eigenvalue weighted by molar-refractivity contribution is -0.143. The Balaban J connectivity index is 2.27. The van der Waals surface area contributed by atoms with Crippen LogP contribution in [0.3, 0.4) is 0 Å². The van der Waals surface area contributed by atoms with Crippen molar-refractivity contribution in [2.75, 3.05) is 19.7 Å². The van der Waals surface area contributed by atoms with Gasteiger partial charge >= 0.3 is 11.9 Å². The monoisotopic (exact) mass is 619 g/mol. The number of nitrogens with two attached hydrogens (primary N) is 3. The largest absolute Gasteiger partial charge is 0.481 e. The number of aromatic amines is 1. The number of aliphatic hydroxyl groups excluding tert-OH is 1. The number of rotatable bonds is 18. The number of hydrogen-bond donors (Lipinski definition) is 11. The van der Waals surface area contributed by atoms with Crippen molar-refractivity contribution >= 4 is 52.4 Å². The van der Waals surface area contributed by atoms with Gasteiger partial charge in [0.1, 0.15) is 18.1 Å². The molecule has 18 heteroatoms. The predicted molar refractivity (Wildman–Crippen MR) is 156 cm³/mol. The van der Waals surface area contributed by atoms with Crippen molar-refractivity contribution < 1.29 is 44.1 Å². The number of aliphatic carboxylic acids is 2. The Morgan fingerprint density at radius 2 is 1.59 bits per heavy atom. The first-order valence-corrected chi connectivity index (χ1v) is 13.4. The number of fused-ring (bicyclic) bond motifs is 1. The lowest BCUT2D eigenvalue weighted by atomic mass is 10.0. The van der Waals surface area contributed by atoms with E-state index < -0.39 is 79.3 Å². The molecular weight excluding hydrogens is 582 g/mol. The maximum atomic E-state index is 13.4. The number of hydrogen-bond acceptors (Lipinski definition) is 9. The van der Waals surface area contributed by atoms with Crippen LogP contribution in [0, 0.1) is 0 Å². The summed E-state index contributed by atoms with van der Waals surface area (Å²) in [4.78, 5) is 80.4. The molecule has 1 heterocycles. The second kappa shape index (κ2) is 17.0. The van der Waals surface area contributed by atoms with E-state index in [1.807, 2.05) is 5.32 Å². The summed E-state index contributed by atoms with van der Waals surface area (Å²) in [5.41, 5.74) is 17.7. The van der Waals surface area contributed by atoms with E-state index in [1.54, 1.807) is 30.5 Å². The summed E-state index contributed by atoms with van der Waals surface area (Å²) >= 11 is 0. The van der Waals surface area contributed by atoms with E-state index in [0.717, 1.165) is 10.9 Å². The van der Waals surface area contributed by atoms with Gasteiger partial charge in [0.05, 0.1) is 25.6 Å². The lowest BCUT2D eigenvalue weighted by Gasteiger charge is -2.24. The van der Waals surface area contributed by atoms with E-state index in [9.17, 15) is 28.8 Å². The zero-order valence-electron chi connectivity index (χ0n) is 23.6. The molecule has 0 saturated carbocycles. The average molecular weight is 620 g/mol. The molecule has 0 bridgehead atoms. The minimum absolute atomic E-state index is 0.0181. The molecule has 18 nitrogen and oxygen atoms in total. The number of para-hydroxylation sites is 1. The van der Waals surface area contributed by atoms with Crippen LogP contribution in [0.2, 0.25) is 0 Å². The number of aromatic nitrogens is 1. The first-order chi connectivity index (χ1) is 20.8. The number of carboxylic acids is 2. The molecule has 0 spiro atoms. The van der Waals surface area contributed by atoms with Gasteiger partial charge in [0.25, 0.3) is 0 Å². The van der Waals surface area contributed by atoms with E-state index in [2.05, 4.69) is 25.9 Å². The van der Waals surface area contributed by atoms with Crippen LogP contribution in [0.4, 0.5) is 0 Å². The Bertz CT molecular complexity index is 1370. The fourth-order valence-electron chi connectivity index (χ4n) is 4.06. The highest BCUT2D eigenvalue weighted by atomic mass is 16.4. The fraction of sp³-hybridized carbons (Fsp3) is 0.423. The van der Waals surface area contributed by atoms with Gasteiger partial charge in [-0.15, -0.1) is 0 Å². The summed E-state index contributed by atoms with van der Waals surface area (Å²) in [5, 5.41) is 37.2. The zero-order chi connectivity index (χ0) is 32.8. The predicted octanol–water partition coefficient (Wildman–Crippen LogP) is -3.79. The van der Waals surface area contributed by atoms with Crippen molar-refractivity contribution in [2.45, 2.75) is 49.9 Å². The maximum absolute atomic E-state index is 13.4. The molecule has 0 fully saturated rings. The summed E-state index contributed by atoms with van der Waals surface area (Å²) in [6.45, 7) is -1.45. The van der Waals surface area contributed by atoms with E-state index in [4.69, 9.17) is 32.5 Å². The van der Waals surface area contributed by atoms with Crippen LogP contribution < -0.4 is 38.5 Å². The van der Waals surface area contributed by atoms with Gasteiger partial charge in [-0.05, 0) is 24.5 Å².